The molecule has 0 saturated carbocycles. The molecule has 172 valence electrons. The second kappa shape index (κ2) is 12.1. The van der Waals surface area contributed by atoms with E-state index in [0.717, 1.165) is 36.5 Å². The first kappa shape index (κ1) is 24.3. The van der Waals surface area contributed by atoms with Crippen LogP contribution in [0.5, 0.6) is 0 Å². The van der Waals surface area contributed by atoms with Crippen molar-refractivity contribution in [1.29, 1.82) is 0 Å². The van der Waals surface area contributed by atoms with Crippen molar-refractivity contribution < 1.29 is 9.13 Å². The molecule has 1 aliphatic heterocycles. The van der Waals surface area contributed by atoms with Crippen LogP contribution in [0.15, 0.2) is 53.7 Å². The molecule has 8 nitrogen and oxygen atoms in total. The Hall–Kier alpha value is -2.31. The molecule has 0 spiro atoms. The number of fused-ring (bicyclic) bond motifs is 1. The lowest BCUT2D eigenvalue weighted by Gasteiger charge is -2.35. The highest BCUT2D eigenvalue weighted by Crippen LogP contribution is 2.21. The van der Waals surface area contributed by atoms with Gasteiger partial charge in [-0.15, -0.1) is 34.2 Å². The minimum atomic E-state index is -0.226. The molecule has 3 heterocycles. The molecule has 1 unspecified atom stereocenters. The maximum absolute atomic E-state index is 13.4. The van der Waals surface area contributed by atoms with E-state index < -0.39 is 0 Å². The number of aromatic nitrogens is 3. The Bertz CT molecular complexity index is 1000. The molecule has 4 rings (SSSR count). The smallest absolute Gasteiger partial charge is 0.191 e. The van der Waals surface area contributed by atoms with E-state index in [-0.39, 0.29) is 35.8 Å². The van der Waals surface area contributed by atoms with Gasteiger partial charge in [0.1, 0.15) is 11.6 Å². The number of pyridine rings is 1. The fraction of sp³-hybridized carbons (Fsp3) is 0.409. The molecule has 0 bridgehead atoms. The topological polar surface area (TPSA) is 79.1 Å². The molecule has 2 N–H and O–H groups in total. The van der Waals surface area contributed by atoms with Crippen LogP contribution in [0.4, 0.5) is 4.39 Å². The molecule has 3 aromatic rings. The largest absolute Gasteiger partial charge is 0.379 e. The first-order chi connectivity index (χ1) is 15.2. The highest BCUT2D eigenvalue weighted by atomic mass is 127. The van der Waals surface area contributed by atoms with Gasteiger partial charge in [0, 0.05) is 45.8 Å². The second-order valence-corrected chi connectivity index (χ2v) is 7.39. The van der Waals surface area contributed by atoms with Crippen molar-refractivity contribution in [1.82, 2.24) is 30.1 Å². The zero-order valence-electron chi connectivity index (χ0n) is 18.1. The van der Waals surface area contributed by atoms with Gasteiger partial charge in [-0.2, -0.15) is 0 Å². The third-order valence-corrected chi connectivity index (χ3v) is 5.45. The van der Waals surface area contributed by atoms with Crippen molar-refractivity contribution in [3.63, 3.8) is 0 Å². The summed E-state index contributed by atoms with van der Waals surface area (Å²) in [5.74, 6) is 1.39. The van der Waals surface area contributed by atoms with Gasteiger partial charge in [-0.25, -0.2) is 4.39 Å². The number of guanidine groups is 1. The SMILES string of the molecule is CN=C(NCCc1nnc2ccccn12)NCC(c1ccc(F)cc1)N1CCOCC1.I. The van der Waals surface area contributed by atoms with Gasteiger partial charge in [0.2, 0.25) is 0 Å². The van der Waals surface area contributed by atoms with Crippen molar-refractivity contribution in [2.45, 2.75) is 12.5 Å². The van der Waals surface area contributed by atoms with Crippen LogP contribution in [-0.4, -0.2) is 71.9 Å². The van der Waals surface area contributed by atoms with Gasteiger partial charge < -0.3 is 15.4 Å². The highest BCUT2D eigenvalue weighted by Gasteiger charge is 2.23. The Kier molecular flexibility index (Phi) is 9.18. The molecule has 2 aromatic heterocycles. The average molecular weight is 553 g/mol. The van der Waals surface area contributed by atoms with Crippen LogP contribution < -0.4 is 10.6 Å². The van der Waals surface area contributed by atoms with Crippen LogP contribution in [0.25, 0.3) is 5.65 Å². The van der Waals surface area contributed by atoms with Crippen molar-refractivity contribution in [2.24, 2.45) is 4.99 Å². The van der Waals surface area contributed by atoms with Gasteiger partial charge >= 0.3 is 0 Å². The van der Waals surface area contributed by atoms with Crippen molar-refractivity contribution in [3.8, 4) is 0 Å². The third kappa shape index (κ3) is 6.14. The summed E-state index contributed by atoms with van der Waals surface area (Å²) in [5.41, 5.74) is 1.91. The predicted molar refractivity (Wildman–Crippen MR) is 133 cm³/mol. The number of hydrogen-bond acceptors (Lipinski definition) is 5. The van der Waals surface area contributed by atoms with Crippen LogP contribution in [0.3, 0.4) is 0 Å². The highest BCUT2D eigenvalue weighted by molar-refractivity contribution is 14.0. The number of nitrogens with one attached hydrogen (secondary N) is 2. The molecule has 0 radical (unpaired) electrons. The van der Waals surface area contributed by atoms with Gasteiger partial charge in [0.15, 0.2) is 11.6 Å². The molecular weight excluding hydrogens is 524 g/mol. The average Bonchev–Trinajstić information content (AvgIpc) is 3.23. The fourth-order valence-corrected chi connectivity index (χ4v) is 3.80. The molecule has 1 saturated heterocycles. The van der Waals surface area contributed by atoms with Crippen LogP contribution in [-0.2, 0) is 11.2 Å². The summed E-state index contributed by atoms with van der Waals surface area (Å²) in [5, 5.41) is 15.2. The number of nitrogens with zero attached hydrogens (tertiary/aromatic N) is 5. The van der Waals surface area contributed by atoms with E-state index in [1.807, 2.05) is 40.9 Å². The summed E-state index contributed by atoms with van der Waals surface area (Å²) in [7, 11) is 1.75. The Morgan fingerprint density at radius 3 is 2.66 bits per heavy atom. The standard InChI is InChI=1S/C22H28FN7O.HI/c1-24-22(25-10-9-21-28-27-20-4-2-3-11-30(20)21)26-16-19(29-12-14-31-15-13-29)17-5-7-18(23)8-6-17;/h2-8,11,19H,9-10,12-16H2,1H3,(H2,24,25,26);1H. The molecule has 32 heavy (non-hydrogen) atoms. The van der Waals surface area contributed by atoms with Gasteiger partial charge in [0.05, 0.1) is 19.3 Å². The molecule has 10 heteroatoms. The summed E-state index contributed by atoms with van der Waals surface area (Å²) >= 11 is 0. The van der Waals surface area contributed by atoms with Gasteiger partial charge in [-0.05, 0) is 29.8 Å². The number of rotatable bonds is 7. The summed E-state index contributed by atoms with van der Waals surface area (Å²) in [4.78, 5) is 6.70. The molecular formula is C22H29FIN7O. The van der Waals surface area contributed by atoms with Gasteiger partial charge in [-0.1, -0.05) is 18.2 Å². The second-order valence-electron chi connectivity index (χ2n) is 7.39. The van der Waals surface area contributed by atoms with E-state index in [1.165, 1.54) is 12.1 Å². The van der Waals surface area contributed by atoms with Crippen LogP contribution in [0.2, 0.25) is 0 Å². The molecule has 1 atom stereocenters. The minimum absolute atomic E-state index is 0. The number of ether oxygens (including phenoxy) is 1. The Morgan fingerprint density at radius 2 is 1.91 bits per heavy atom. The maximum Gasteiger partial charge on any atom is 0.191 e. The Labute approximate surface area is 204 Å². The van der Waals surface area contributed by atoms with Crippen LogP contribution >= 0.6 is 24.0 Å². The first-order valence-electron chi connectivity index (χ1n) is 10.5. The molecule has 0 aliphatic carbocycles. The van der Waals surface area contributed by atoms with Crippen molar-refractivity contribution >= 4 is 35.6 Å². The van der Waals surface area contributed by atoms with E-state index in [1.54, 1.807) is 7.05 Å². The van der Waals surface area contributed by atoms with Gasteiger partial charge in [-0.3, -0.25) is 14.3 Å². The Morgan fingerprint density at radius 1 is 1.12 bits per heavy atom. The summed E-state index contributed by atoms with van der Waals surface area (Å²) in [6.45, 7) is 4.42. The zero-order valence-corrected chi connectivity index (χ0v) is 20.4. The number of morpholine rings is 1. The number of aliphatic imine (C=N–C) groups is 1. The maximum atomic E-state index is 13.4. The predicted octanol–water partition coefficient (Wildman–Crippen LogP) is 2.27. The van der Waals surface area contributed by atoms with E-state index in [9.17, 15) is 4.39 Å². The fourth-order valence-electron chi connectivity index (χ4n) is 3.80. The number of benzene rings is 1. The lowest BCUT2D eigenvalue weighted by molar-refractivity contribution is 0.0170. The van der Waals surface area contributed by atoms with Crippen molar-refractivity contribution in [2.75, 3.05) is 46.4 Å². The monoisotopic (exact) mass is 553 g/mol. The molecule has 1 fully saturated rings. The lowest BCUT2D eigenvalue weighted by atomic mass is 10.0. The van der Waals surface area contributed by atoms with Crippen LogP contribution in [0, 0.1) is 5.82 Å². The number of halogens is 2. The minimum Gasteiger partial charge on any atom is -0.379 e. The normalized spacial score (nSPS) is 15.9. The van der Waals surface area contributed by atoms with Crippen molar-refractivity contribution in [3.05, 3.63) is 65.9 Å². The first-order valence-corrected chi connectivity index (χ1v) is 10.5. The molecule has 1 aliphatic rings. The summed E-state index contributed by atoms with van der Waals surface area (Å²) in [6, 6.07) is 12.7. The lowest BCUT2D eigenvalue weighted by Crippen LogP contribution is -2.46. The number of hydrogen-bond donors (Lipinski definition) is 2. The summed E-state index contributed by atoms with van der Waals surface area (Å²) in [6.07, 6.45) is 2.68. The third-order valence-electron chi connectivity index (χ3n) is 5.45. The Balaban J connectivity index is 0.00000289. The van der Waals surface area contributed by atoms with E-state index in [4.69, 9.17) is 4.74 Å². The zero-order chi connectivity index (χ0) is 21.5. The van der Waals surface area contributed by atoms with Gasteiger partial charge in [0.25, 0.3) is 0 Å². The molecule has 1 aromatic carbocycles. The molecule has 0 amide bonds. The summed E-state index contributed by atoms with van der Waals surface area (Å²) < 4.78 is 20.9. The quantitative estimate of drug-likeness (QED) is 0.266. The van der Waals surface area contributed by atoms with E-state index in [0.29, 0.717) is 32.3 Å². The van der Waals surface area contributed by atoms with E-state index in [2.05, 4.69) is 30.7 Å². The van der Waals surface area contributed by atoms with E-state index >= 15 is 0 Å². The van der Waals surface area contributed by atoms with Crippen LogP contribution in [0.1, 0.15) is 17.4 Å².